The van der Waals surface area contributed by atoms with Crippen molar-refractivity contribution in [1.29, 1.82) is 0 Å². The third kappa shape index (κ3) is 4.48. The molecule has 35 heavy (non-hydrogen) atoms. The Balaban J connectivity index is 1.07. The summed E-state index contributed by atoms with van der Waals surface area (Å²) >= 11 is 0. The molecule has 1 amide bonds. The van der Waals surface area contributed by atoms with Crippen molar-refractivity contribution in [2.24, 2.45) is 0 Å². The van der Waals surface area contributed by atoms with E-state index in [1.165, 1.54) is 16.8 Å². The van der Waals surface area contributed by atoms with E-state index in [0.717, 1.165) is 81.3 Å². The normalized spacial score (nSPS) is 20.3. The minimum atomic E-state index is -0.0504. The Hall–Kier alpha value is -3.45. The predicted molar refractivity (Wildman–Crippen MR) is 140 cm³/mol. The number of rotatable bonds is 4. The molecule has 1 aromatic carbocycles. The zero-order valence-electron chi connectivity index (χ0n) is 20.3. The van der Waals surface area contributed by atoms with Gasteiger partial charge in [0.05, 0.1) is 5.69 Å². The molecular formula is C28H32N6O. The van der Waals surface area contributed by atoms with Crippen LogP contribution in [0.1, 0.15) is 30.5 Å². The number of nitrogens with zero attached hydrogens (tertiary/aromatic N) is 5. The maximum absolute atomic E-state index is 12.6. The van der Waals surface area contributed by atoms with Crippen LogP contribution in [0.3, 0.4) is 0 Å². The summed E-state index contributed by atoms with van der Waals surface area (Å²) in [5, 5.41) is 3.11. The van der Waals surface area contributed by atoms with Gasteiger partial charge in [0, 0.05) is 63.0 Å². The summed E-state index contributed by atoms with van der Waals surface area (Å²) in [6.07, 6.45) is 7.03. The van der Waals surface area contributed by atoms with Crippen LogP contribution in [-0.4, -0.2) is 59.5 Å². The third-order valence-corrected chi connectivity index (χ3v) is 7.50. The topological polar surface area (TPSA) is 64.6 Å². The lowest BCUT2D eigenvalue weighted by molar-refractivity contribution is -0.118. The van der Waals surface area contributed by atoms with Gasteiger partial charge >= 0.3 is 0 Å². The van der Waals surface area contributed by atoms with Crippen LogP contribution in [0.4, 0.5) is 17.2 Å². The molecule has 2 fully saturated rings. The monoisotopic (exact) mass is 468 g/mol. The van der Waals surface area contributed by atoms with Crippen molar-refractivity contribution in [3.05, 3.63) is 66.1 Å². The highest BCUT2D eigenvalue weighted by Crippen LogP contribution is 2.35. The molecule has 5 heterocycles. The molecule has 7 nitrogen and oxygen atoms in total. The van der Waals surface area contributed by atoms with E-state index in [-0.39, 0.29) is 11.9 Å². The standard InChI is InChI=1S/C28H32N6O/c1-20-16-23(9-10-29-20)22-5-7-24(8-6-22)33-14-12-32(13-15-33)19-21-17-25-27(30-18-21)34-11-3-2-4-26(34)28(35)31-25/h5-10,16-18,26H,2-4,11-15,19H2,1H3,(H,31,35)/t26-/m0/s1. The van der Waals surface area contributed by atoms with E-state index in [9.17, 15) is 4.79 Å². The van der Waals surface area contributed by atoms with Crippen LogP contribution in [0.25, 0.3) is 11.1 Å². The van der Waals surface area contributed by atoms with Gasteiger partial charge < -0.3 is 15.1 Å². The summed E-state index contributed by atoms with van der Waals surface area (Å²) in [6.45, 7) is 7.80. The van der Waals surface area contributed by atoms with Gasteiger partial charge in [-0.3, -0.25) is 14.7 Å². The summed E-state index contributed by atoms with van der Waals surface area (Å²) < 4.78 is 0. The zero-order valence-corrected chi connectivity index (χ0v) is 20.3. The Morgan fingerprint density at radius 3 is 2.57 bits per heavy atom. The Morgan fingerprint density at radius 2 is 1.77 bits per heavy atom. The molecule has 0 spiro atoms. The number of benzene rings is 1. The Kier molecular flexibility index (Phi) is 5.86. The van der Waals surface area contributed by atoms with Gasteiger partial charge in [-0.15, -0.1) is 0 Å². The number of hydrogen-bond donors (Lipinski definition) is 1. The summed E-state index contributed by atoms with van der Waals surface area (Å²) in [6, 6.07) is 15.1. The maximum Gasteiger partial charge on any atom is 0.247 e. The first-order valence-corrected chi connectivity index (χ1v) is 12.7. The summed E-state index contributed by atoms with van der Waals surface area (Å²) in [4.78, 5) is 28.8. The second-order valence-electron chi connectivity index (χ2n) is 9.90. The molecule has 6 rings (SSSR count). The lowest BCUT2D eigenvalue weighted by atomic mass is 9.99. The highest BCUT2D eigenvalue weighted by Gasteiger charge is 2.35. The number of aromatic nitrogens is 2. The summed E-state index contributed by atoms with van der Waals surface area (Å²) in [5.74, 6) is 1.06. The molecule has 1 atom stereocenters. The smallest absolute Gasteiger partial charge is 0.247 e. The Labute approximate surface area is 206 Å². The number of nitrogens with one attached hydrogen (secondary N) is 1. The third-order valence-electron chi connectivity index (χ3n) is 7.50. The van der Waals surface area contributed by atoms with E-state index in [0.29, 0.717) is 0 Å². The number of hydrogen-bond acceptors (Lipinski definition) is 6. The largest absolute Gasteiger partial charge is 0.369 e. The van der Waals surface area contributed by atoms with Crippen LogP contribution in [-0.2, 0) is 11.3 Å². The fourth-order valence-corrected chi connectivity index (χ4v) is 5.59. The Bertz CT molecular complexity index is 1220. The number of pyridine rings is 2. The average Bonchev–Trinajstić information content (AvgIpc) is 2.89. The van der Waals surface area contributed by atoms with E-state index in [1.54, 1.807) is 0 Å². The van der Waals surface area contributed by atoms with Gasteiger partial charge in [0.1, 0.15) is 6.04 Å². The van der Waals surface area contributed by atoms with Gasteiger partial charge in [0.15, 0.2) is 5.82 Å². The van der Waals surface area contributed by atoms with Crippen molar-refractivity contribution < 1.29 is 4.79 Å². The van der Waals surface area contributed by atoms with E-state index in [1.807, 2.05) is 19.3 Å². The van der Waals surface area contributed by atoms with E-state index < -0.39 is 0 Å². The van der Waals surface area contributed by atoms with Crippen LogP contribution >= 0.6 is 0 Å². The SMILES string of the molecule is Cc1cc(-c2ccc(N3CCN(Cc4cnc5c(c4)NC(=O)[C@@H]4CCCCN54)CC3)cc2)ccn1. The molecule has 2 aromatic heterocycles. The molecule has 1 N–H and O–H groups in total. The molecule has 7 heteroatoms. The first kappa shape index (κ1) is 22.0. The number of carbonyl (C=O) groups is 1. The van der Waals surface area contributed by atoms with Crippen LogP contribution < -0.4 is 15.1 Å². The van der Waals surface area contributed by atoms with Crippen molar-refractivity contribution in [3.63, 3.8) is 0 Å². The maximum atomic E-state index is 12.6. The van der Waals surface area contributed by atoms with Crippen LogP contribution in [0, 0.1) is 6.92 Å². The molecule has 0 unspecified atom stereocenters. The lowest BCUT2D eigenvalue weighted by Crippen LogP contribution is -2.51. The van der Waals surface area contributed by atoms with E-state index in [2.05, 4.69) is 67.5 Å². The highest BCUT2D eigenvalue weighted by atomic mass is 16.2. The second-order valence-corrected chi connectivity index (χ2v) is 9.90. The van der Waals surface area contributed by atoms with Crippen molar-refractivity contribution >= 4 is 23.1 Å². The van der Waals surface area contributed by atoms with Crippen molar-refractivity contribution in [2.45, 2.75) is 38.8 Å². The fraction of sp³-hybridized carbons (Fsp3) is 0.393. The number of piperazine rings is 1. The minimum Gasteiger partial charge on any atom is -0.369 e. The molecule has 0 bridgehead atoms. The van der Waals surface area contributed by atoms with Gasteiger partial charge in [0.2, 0.25) is 5.91 Å². The summed E-state index contributed by atoms with van der Waals surface area (Å²) in [7, 11) is 0. The molecule has 180 valence electrons. The second kappa shape index (κ2) is 9.30. The van der Waals surface area contributed by atoms with Crippen LogP contribution in [0.5, 0.6) is 0 Å². The molecule has 0 saturated carbocycles. The number of anilines is 3. The number of fused-ring (bicyclic) bond motifs is 3. The van der Waals surface area contributed by atoms with E-state index >= 15 is 0 Å². The van der Waals surface area contributed by atoms with E-state index in [4.69, 9.17) is 4.98 Å². The zero-order chi connectivity index (χ0) is 23.8. The number of piperidine rings is 1. The fourth-order valence-electron chi connectivity index (χ4n) is 5.59. The molecule has 3 aromatic rings. The minimum absolute atomic E-state index is 0.0504. The number of amides is 1. The van der Waals surface area contributed by atoms with Crippen molar-refractivity contribution in [3.8, 4) is 11.1 Å². The van der Waals surface area contributed by atoms with Gasteiger partial charge in [-0.2, -0.15) is 0 Å². The van der Waals surface area contributed by atoms with Gasteiger partial charge in [-0.25, -0.2) is 4.98 Å². The molecule has 3 aliphatic heterocycles. The molecule has 2 saturated heterocycles. The lowest BCUT2D eigenvalue weighted by Gasteiger charge is -2.40. The molecular weight excluding hydrogens is 436 g/mol. The quantitative estimate of drug-likeness (QED) is 0.622. The summed E-state index contributed by atoms with van der Waals surface area (Å²) in [5.41, 5.74) is 6.77. The molecule has 0 aliphatic carbocycles. The van der Waals surface area contributed by atoms with Crippen molar-refractivity contribution in [1.82, 2.24) is 14.9 Å². The van der Waals surface area contributed by atoms with Crippen LogP contribution in [0.2, 0.25) is 0 Å². The first-order chi connectivity index (χ1) is 17.1. The van der Waals surface area contributed by atoms with Crippen molar-refractivity contribution in [2.75, 3.05) is 47.8 Å². The average molecular weight is 469 g/mol. The number of carbonyl (C=O) groups excluding carboxylic acids is 1. The molecule has 0 radical (unpaired) electrons. The van der Waals surface area contributed by atoms with Gasteiger partial charge in [-0.1, -0.05) is 12.1 Å². The van der Waals surface area contributed by atoms with Gasteiger partial charge in [0.25, 0.3) is 0 Å². The highest BCUT2D eigenvalue weighted by molar-refractivity contribution is 6.02. The molecule has 3 aliphatic rings. The Morgan fingerprint density at radius 1 is 0.943 bits per heavy atom. The first-order valence-electron chi connectivity index (χ1n) is 12.7. The van der Waals surface area contributed by atoms with Gasteiger partial charge in [-0.05, 0) is 73.2 Å². The number of aryl methyl sites for hydroxylation is 1. The predicted octanol–water partition coefficient (Wildman–Crippen LogP) is 4.09. The van der Waals surface area contributed by atoms with Crippen LogP contribution in [0.15, 0.2) is 54.9 Å².